The van der Waals surface area contributed by atoms with E-state index in [-0.39, 0.29) is 12.8 Å². The molecule has 0 spiro atoms. The Morgan fingerprint density at radius 3 is 2.53 bits per heavy atom. The Morgan fingerprint density at radius 1 is 1.60 bits per heavy atom. The molecule has 1 heterocycles. The number of hydrogen-bond acceptors (Lipinski definition) is 5. The van der Waals surface area contributed by atoms with Gasteiger partial charge in [-0.25, -0.2) is 0 Å². The number of carboxylic acids is 1. The first kappa shape index (κ1) is 13.8. The van der Waals surface area contributed by atoms with Crippen LogP contribution in [-0.2, 0) is 9.59 Å². The lowest BCUT2D eigenvalue weighted by atomic mass is 10.2. The van der Waals surface area contributed by atoms with Crippen molar-refractivity contribution in [3.05, 3.63) is 11.6 Å². The number of rotatable bonds is 4. The number of carbonyl (C=O) groups excluding carboxylic acids is 1. The summed E-state index contributed by atoms with van der Waals surface area (Å²) in [7, 11) is 0. The molecule has 6 N–H and O–H groups in total. The van der Waals surface area contributed by atoms with Crippen LogP contribution in [0.2, 0.25) is 0 Å². The summed E-state index contributed by atoms with van der Waals surface area (Å²) in [6.07, 6.45) is 2.07. The second-order valence-electron chi connectivity index (χ2n) is 2.77. The molecule has 0 radical (unpaired) electrons. The van der Waals surface area contributed by atoms with Gasteiger partial charge in [0.15, 0.2) is 0 Å². The van der Waals surface area contributed by atoms with Crippen LogP contribution in [-0.4, -0.2) is 28.9 Å². The summed E-state index contributed by atoms with van der Waals surface area (Å²) in [5.41, 5.74) is 9.81. The van der Waals surface area contributed by atoms with Crippen LogP contribution >= 0.6 is 11.8 Å². The molecule has 0 saturated heterocycles. The standard InChI is InChI=1S/C5H10N2O3.C3H5NS/c6-3(5(9)10)1-2-4(7)8;1-2-5-3-4-1/h3H,1-2,6H2,(H2,7,8)(H,9,10);1-2,4H,3H2/t3-;/m0./s1. The maximum Gasteiger partial charge on any atom is 0.320 e. The molecule has 1 atom stereocenters. The fourth-order valence-corrected chi connectivity index (χ4v) is 1.14. The maximum atomic E-state index is 10.1. The van der Waals surface area contributed by atoms with E-state index in [0.29, 0.717) is 0 Å². The number of carbonyl (C=O) groups is 2. The van der Waals surface area contributed by atoms with Crippen molar-refractivity contribution in [1.29, 1.82) is 0 Å². The van der Waals surface area contributed by atoms with E-state index in [4.69, 9.17) is 16.6 Å². The quantitative estimate of drug-likeness (QED) is 0.515. The van der Waals surface area contributed by atoms with Crippen LogP contribution in [0.4, 0.5) is 0 Å². The zero-order chi connectivity index (χ0) is 11.7. The second kappa shape index (κ2) is 8.13. The monoisotopic (exact) mass is 233 g/mol. The topological polar surface area (TPSA) is 118 Å². The lowest BCUT2D eigenvalue weighted by Gasteiger charge is -2.01. The number of nitrogens with two attached hydrogens (primary N) is 2. The van der Waals surface area contributed by atoms with Gasteiger partial charge >= 0.3 is 5.97 Å². The molecular weight excluding hydrogens is 218 g/mol. The van der Waals surface area contributed by atoms with Crippen molar-refractivity contribution in [1.82, 2.24) is 5.32 Å². The summed E-state index contributed by atoms with van der Waals surface area (Å²) in [4.78, 5) is 20.1. The van der Waals surface area contributed by atoms with Gasteiger partial charge in [-0.1, -0.05) is 0 Å². The van der Waals surface area contributed by atoms with E-state index >= 15 is 0 Å². The summed E-state index contributed by atoms with van der Waals surface area (Å²) in [5, 5.41) is 13.3. The van der Waals surface area contributed by atoms with Gasteiger partial charge < -0.3 is 21.9 Å². The predicted molar refractivity (Wildman–Crippen MR) is 58.8 cm³/mol. The highest BCUT2D eigenvalue weighted by Gasteiger charge is 2.11. The SMILES string of the molecule is C1=CSCN1.NC(=O)CC[C@H](N)C(=O)O. The average molecular weight is 233 g/mol. The Morgan fingerprint density at radius 2 is 2.27 bits per heavy atom. The van der Waals surface area contributed by atoms with Gasteiger partial charge in [-0.2, -0.15) is 0 Å². The Hall–Kier alpha value is -1.21. The van der Waals surface area contributed by atoms with Crippen LogP contribution in [0.5, 0.6) is 0 Å². The van der Waals surface area contributed by atoms with Gasteiger partial charge in [0.2, 0.25) is 5.91 Å². The molecule has 1 rings (SSSR count). The molecule has 0 aromatic heterocycles. The number of carboxylic acid groups (broad SMARTS) is 1. The summed E-state index contributed by atoms with van der Waals surface area (Å²) in [5.74, 6) is -0.585. The van der Waals surface area contributed by atoms with Crippen molar-refractivity contribution >= 4 is 23.6 Å². The molecule has 0 aliphatic carbocycles. The number of aliphatic carboxylic acids is 1. The highest BCUT2D eigenvalue weighted by Crippen LogP contribution is 2.02. The van der Waals surface area contributed by atoms with Crippen LogP contribution in [0.25, 0.3) is 0 Å². The minimum atomic E-state index is -1.11. The summed E-state index contributed by atoms with van der Waals surface area (Å²) >= 11 is 1.78. The highest BCUT2D eigenvalue weighted by atomic mass is 32.2. The third-order valence-corrected chi connectivity index (χ3v) is 2.13. The van der Waals surface area contributed by atoms with E-state index in [1.54, 1.807) is 11.8 Å². The van der Waals surface area contributed by atoms with Gasteiger partial charge in [-0.05, 0) is 11.8 Å². The molecule has 0 aromatic rings. The molecule has 0 saturated carbocycles. The van der Waals surface area contributed by atoms with E-state index in [0.717, 1.165) is 5.88 Å². The molecular formula is C8H15N3O3S. The molecule has 1 aliphatic heterocycles. The van der Waals surface area contributed by atoms with Crippen molar-refractivity contribution in [2.24, 2.45) is 11.5 Å². The number of amides is 1. The van der Waals surface area contributed by atoms with E-state index in [2.05, 4.69) is 5.32 Å². The van der Waals surface area contributed by atoms with Gasteiger partial charge in [0.1, 0.15) is 6.04 Å². The van der Waals surface area contributed by atoms with E-state index < -0.39 is 17.9 Å². The van der Waals surface area contributed by atoms with Gasteiger partial charge in [0.05, 0.1) is 5.88 Å². The Balaban J connectivity index is 0.000000322. The Labute approximate surface area is 92.1 Å². The van der Waals surface area contributed by atoms with Crippen molar-refractivity contribution in [2.75, 3.05) is 5.88 Å². The van der Waals surface area contributed by atoms with Crippen molar-refractivity contribution < 1.29 is 14.7 Å². The minimum absolute atomic E-state index is 0.0213. The summed E-state index contributed by atoms with van der Waals surface area (Å²) < 4.78 is 0. The van der Waals surface area contributed by atoms with Gasteiger partial charge in [0.25, 0.3) is 0 Å². The van der Waals surface area contributed by atoms with E-state index in [1.165, 1.54) is 0 Å². The van der Waals surface area contributed by atoms with Gasteiger partial charge in [-0.15, -0.1) is 11.8 Å². The largest absolute Gasteiger partial charge is 0.480 e. The smallest absolute Gasteiger partial charge is 0.320 e. The fourth-order valence-electron chi connectivity index (χ4n) is 0.662. The molecule has 7 heteroatoms. The molecule has 15 heavy (non-hydrogen) atoms. The fraction of sp³-hybridized carbons (Fsp3) is 0.500. The summed E-state index contributed by atoms with van der Waals surface area (Å²) in [6, 6.07) is -0.979. The van der Waals surface area contributed by atoms with Crippen LogP contribution in [0.3, 0.4) is 0 Å². The zero-order valence-corrected chi connectivity index (χ0v) is 9.00. The summed E-state index contributed by atoms with van der Waals surface area (Å²) in [6.45, 7) is 0. The number of primary amides is 1. The van der Waals surface area contributed by atoms with E-state index in [1.807, 2.05) is 11.6 Å². The second-order valence-corrected chi connectivity index (χ2v) is 3.66. The molecule has 6 nitrogen and oxygen atoms in total. The zero-order valence-electron chi connectivity index (χ0n) is 8.18. The van der Waals surface area contributed by atoms with Crippen LogP contribution < -0.4 is 16.8 Å². The molecule has 1 aliphatic rings. The number of nitrogens with one attached hydrogen (secondary N) is 1. The Bertz CT molecular complexity index is 239. The predicted octanol–water partition coefficient (Wildman–Crippen LogP) is -0.585. The normalized spacial score (nSPS) is 14.7. The van der Waals surface area contributed by atoms with Crippen LogP contribution in [0.1, 0.15) is 12.8 Å². The van der Waals surface area contributed by atoms with Gasteiger partial charge in [0, 0.05) is 12.6 Å². The Kier molecular flexibility index (Phi) is 7.47. The highest BCUT2D eigenvalue weighted by molar-refractivity contribution is 8.02. The third-order valence-electron chi connectivity index (χ3n) is 1.47. The lowest BCUT2D eigenvalue weighted by molar-refractivity contribution is -0.138. The minimum Gasteiger partial charge on any atom is -0.480 e. The molecule has 86 valence electrons. The molecule has 0 bridgehead atoms. The van der Waals surface area contributed by atoms with Crippen molar-refractivity contribution in [3.63, 3.8) is 0 Å². The third kappa shape index (κ3) is 9.10. The average Bonchev–Trinajstić information content (AvgIpc) is 2.71. The number of hydrogen-bond donors (Lipinski definition) is 4. The molecule has 0 fully saturated rings. The first-order valence-corrected chi connectivity index (χ1v) is 5.35. The molecule has 0 unspecified atom stereocenters. The maximum absolute atomic E-state index is 10.1. The van der Waals surface area contributed by atoms with Crippen LogP contribution in [0.15, 0.2) is 11.6 Å². The van der Waals surface area contributed by atoms with Gasteiger partial charge in [-0.3, -0.25) is 9.59 Å². The lowest BCUT2D eigenvalue weighted by Crippen LogP contribution is -2.31. The first-order chi connectivity index (χ1) is 7.04. The van der Waals surface area contributed by atoms with E-state index in [9.17, 15) is 9.59 Å². The van der Waals surface area contributed by atoms with Crippen LogP contribution in [0, 0.1) is 0 Å². The molecule has 0 aromatic carbocycles. The number of thioether (sulfide) groups is 1. The first-order valence-electron chi connectivity index (χ1n) is 4.30. The van der Waals surface area contributed by atoms with Crippen molar-refractivity contribution in [3.8, 4) is 0 Å². The molecule has 1 amide bonds. The van der Waals surface area contributed by atoms with Crippen molar-refractivity contribution in [2.45, 2.75) is 18.9 Å².